The molecule has 0 bridgehead atoms. The molecule has 20 heavy (non-hydrogen) atoms. The van der Waals surface area contributed by atoms with Gasteiger partial charge in [0.05, 0.1) is 6.61 Å². The first-order valence-electron chi connectivity index (χ1n) is 6.78. The summed E-state index contributed by atoms with van der Waals surface area (Å²) in [6.07, 6.45) is 4.15. The van der Waals surface area contributed by atoms with E-state index >= 15 is 0 Å². The van der Waals surface area contributed by atoms with Gasteiger partial charge in [-0.3, -0.25) is 4.57 Å². The van der Waals surface area contributed by atoms with Gasteiger partial charge < -0.3 is 9.47 Å². The van der Waals surface area contributed by atoms with E-state index in [1.807, 2.05) is 6.92 Å². The van der Waals surface area contributed by atoms with Crippen LogP contribution in [0, 0.1) is 0 Å². The lowest BCUT2D eigenvalue weighted by atomic mass is 10.2. The second kappa shape index (κ2) is 9.21. The van der Waals surface area contributed by atoms with Crippen molar-refractivity contribution in [2.45, 2.75) is 46.3 Å². The Morgan fingerprint density at radius 1 is 1.25 bits per heavy atom. The minimum absolute atomic E-state index is 0.0731. The number of imidazole rings is 1. The first kappa shape index (κ1) is 17.3. The molecular weight excluding hydrogens is 303 g/mol. The topological polar surface area (TPSA) is 53.3 Å². The average molecular weight is 323 g/mol. The molecule has 0 saturated carbocycles. The van der Waals surface area contributed by atoms with Crippen LogP contribution in [0.1, 0.15) is 50.1 Å². The van der Waals surface area contributed by atoms with Crippen molar-refractivity contribution in [3.05, 3.63) is 16.1 Å². The highest BCUT2D eigenvalue weighted by Crippen LogP contribution is 2.23. The fourth-order valence-electron chi connectivity index (χ4n) is 1.62. The summed E-state index contributed by atoms with van der Waals surface area (Å²) in [7, 11) is 0. The molecule has 0 N–H and O–H groups in total. The smallest absolute Gasteiger partial charge is 0.374 e. The zero-order chi connectivity index (χ0) is 15.0. The highest BCUT2D eigenvalue weighted by Gasteiger charge is 2.21. The Bertz CT molecular complexity index is 435. The van der Waals surface area contributed by atoms with E-state index in [0.29, 0.717) is 13.2 Å². The van der Waals surface area contributed by atoms with Crippen molar-refractivity contribution in [3.63, 3.8) is 0 Å². The quantitative estimate of drug-likeness (QED) is 0.510. The van der Waals surface area contributed by atoms with Crippen molar-refractivity contribution in [2.24, 2.45) is 0 Å². The van der Waals surface area contributed by atoms with Crippen molar-refractivity contribution in [3.8, 4) is 0 Å². The fraction of sp³-hybridized carbons (Fsp3) is 0.692. The van der Waals surface area contributed by atoms with Crippen molar-refractivity contribution in [1.29, 1.82) is 0 Å². The van der Waals surface area contributed by atoms with Crippen molar-refractivity contribution in [2.75, 3.05) is 13.2 Å². The standard InChI is InChI=1S/C13H20Cl2N2O3/c1-3-5-6-7-8-20-13(18)12-16-10(14)11(15)17(12)9-19-4-2/h3-9H2,1-2H3. The number of rotatable bonds is 9. The highest BCUT2D eigenvalue weighted by molar-refractivity contribution is 6.40. The SMILES string of the molecule is CCCCCCOC(=O)c1nc(Cl)c(Cl)n1COCC. The third-order valence-electron chi connectivity index (χ3n) is 2.71. The Kier molecular flexibility index (Phi) is 7.95. The minimum Gasteiger partial charge on any atom is -0.460 e. The van der Waals surface area contributed by atoms with E-state index < -0.39 is 5.97 Å². The summed E-state index contributed by atoms with van der Waals surface area (Å²) in [4.78, 5) is 15.9. The molecule has 0 fully saturated rings. The van der Waals surface area contributed by atoms with Gasteiger partial charge in [-0.25, -0.2) is 9.78 Å². The number of halogens is 2. The van der Waals surface area contributed by atoms with Crippen molar-refractivity contribution < 1.29 is 14.3 Å². The molecule has 5 nitrogen and oxygen atoms in total. The van der Waals surface area contributed by atoms with Crippen LogP contribution >= 0.6 is 23.2 Å². The Morgan fingerprint density at radius 2 is 2.00 bits per heavy atom. The molecule has 1 aromatic heterocycles. The number of ether oxygens (including phenoxy) is 2. The van der Waals surface area contributed by atoms with Crippen LogP contribution in [-0.2, 0) is 16.2 Å². The maximum absolute atomic E-state index is 11.9. The fourth-order valence-corrected chi connectivity index (χ4v) is 1.97. The van der Waals surface area contributed by atoms with E-state index in [0.717, 1.165) is 25.7 Å². The summed E-state index contributed by atoms with van der Waals surface area (Å²) in [5.74, 6) is -0.459. The van der Waals surface area contributed by atoms with Gasteiger partial charge in [-0.1, -0.05) is 49.4 Å². The third-order valence-corrected chi connectivity index (χ3v) is 3.45. The molecule has 0 spiro atoms. The molecule has 7 heteroatoms. The first-order valence-corrected chi connectivity index (χ1v) is 7.53. The second-order valence-corrected chi connectivity index (χ2v) is 4.98. The molecule has 114 valence electrons. The average Bonchev–Trinajstić information content (AvgIpc) is 2.72. The zero-order valence-corrected chi connectivity index (χ0v) is 13.3. The van der Waals surface area contributed by atoms with Gasteiger partial charge >= 0.3 is 5.97 Å². The van der Waals surface area contributed by atoms with Crippen LogP contribution < -0.4 is 0 Å². The maximum atomic E-state index is 11.9. The Balaban J connectivity index is 2.60. The number of unbranched alkanes of at least 4 members (excludes halogenated alkanes) is 3. The molecular formula is C13H20Cl2N2O3. The Labute approximate surface area is 129 Å². The van der Waals surface area contributed by atoms with E-state index in [-0.39, 0.29) is 22.9 Å². The van der Waals surface area contributed by atoms with Gasteiger partial charge in [-0.05, 0) is 13.3 Å². The maximum Gasteiger partial charge on any atom is 0.374 e. The normalized spacial score (nSPS) is 10.8. The molecule has 0 amide bonds. The molecule has 0 unspecified atom stereocenters. The van der Waals surface area contributed by atoms with Gasteiger partial charge in [0.15, 0.2) is 5.15 Å². The molecule has 1 aromatic rings. The predicted octanol–water partition coefficient (Wildman–Crippen LogP) is 3.92. The number of carbonyl (C=O) groups excluding carboxylic acids is 1. The van der Waals surface area contributed by atoms with Crippen LogP contribution in [0.4, 0.5) is 0 Å². The summed E-state index contributed by atoms with van der Waals surface area (Å²) in [6, 6.07) is 0. The number of nitrogens with zero attached hydrogens (tertiary/aromatic N) is 2. The van der Waals surface area contributed by atoms with Gasteiger partial charge in [0.2, 0.25) is 5.82 Å². The van der Waals surface area contributed by atoms with E-state index in [4.69, 9.17) is 32.7 Å². The largest absolute Gasteiger partial charge is 0.460 e. The van der Waals surface area contributed by atoms with E-state index in [2.05, 4.69) is 11.9 Å². The summed E-state index contributed by atoms with van der Waals surface area (Å²) in [5, 5.41) is 0.252. The van der Waals surface area contributed by atoms with Gasteiger partial charge in [0.1, 0.15) is 11.9 Å². The predicted molar refractivity (Wildman–Crippen MR) is 78.3 cm³/mol. The molecule has 0 aromatic carbocycles. The molecule has 0 atom stereocenters. The van der Waals surface area contributed by atoms with Crippen molar-refractivity contribution in [1.82, 2.24) is 9.55 Å². The summed E-state index contributed by atoms with van der Waals surface area (Å²) >= 11 is 11.8. The monoisotopic (exact) mass is 322 g/mol. The molecule has 0 aliphatic rings. The van der Waals surface area contributed by atoms with Crippen LogP contribution in [0.3, 0.4) is 0 Å². The summed E-state index contributed by atoms with van der Waals surface area (Å²) < 4.78 is 11.8. The zero-order valence-electron chi connectivity index (χ0n) is 11.8. The Morgan fingerprint density at radius 3 is 2.65 bits per heavy atom. The lowest BCUT2D eigenvalue weighted by Crippen LogP contribution is -2.15. The lowest BCUT2D eigenvalue weighted by Gasteiger charge is -2.08. The number of esters is 1. The van der Waals surface area contributed by atoms with Crippen LogP contribution in [0.25, 0.3) is 0 Å². The van der Waals surface area contributed by atoms with Gasteiger partial charge in [0.25, 0.3) is 0 Å². The molecule has 0 aliphatic carbocycles. The highest BCUT2D eigenvalue weighted by atomic mass is 35.5. The van der Waals surface area contributed by atoms with E-state index in [1.54, 1.807) is 0 Å². The number of hydrogen-bond acceptors (Lipinski definition) is 4. The third kappa shape index (κ3) is 4.96. The Hall–Kier alpha value is -0.780. The number of carbonyl (C=O) groups is 1. The minimum atomic E-state index is -0.532. The molecule has 0 aliphatic heterocycles. The number of hydrogen-bond donors (Lipinski definition) is 0. The van der Waals surface area contributed by atoms with Crippen LogP contribution in [0.15, 0.2) is 0 Å². The summed E-state index contributed by atoms with van der Waals surface area (Å²) in [6.45, 7) is 4.96. The number of aromatic nitrogens is 2. The second-order valence-electron chi connectivity index (χ2n) is 4.26. The molecule has 0 radical (unpaired) electrons. The molecule has 0 saturated heterocycles. The van der Waals surface area contributed by atoms with Crippen LogP contribution in [0.2, 0.25) is 10.3 Å². The van der Waals surface area contributed by atoms with Crippen molar-refractivity contribution >= 4 is 29.2 Å². The summed E-state index contributed by atoms with van der Waals surface area (Å²) in [5.41, 5.74) is 0. The lowest BCUT2D eigenvalue weighted by molar-refractivity contribution is 0.0438. The van der Waals surface area contributed by atoms with Gasteiger partial charge in [-0.2, -0.15) is 0 Å². The van der Waals surface area contributed by atoms with E-state index in [9.17, 15) is 4.79 Å². The van der Waals surface area contributed by atoms with Gasteiger partial charge in [0, 0.05) is 6.61 Å². The van der Waals surface area contributed by atoms with E-state index in [1.165, 1.54) is 4.57 Å². The molecule has 1 rings (SSSR count). The van der Waals surface area contributed by atoms with Gasteiger partial charge in [-0.15, -0.1) is 0 Å². The van der Waals surface area contributed by atoms with Crippen LogP contribution in [-0.4, -0.2) is 28.7 Å². The first-order chi connectivity index (χ1) is 9.61. The van der Waals surface area contributed by atoms with Crippen LogP contribution in [0.5, 0.6) is 0 Å². The molecule has 1 heterocycles.